The molecule has 158 valence electrons. The van der Waals surface area contributed by atoms with E-state index in [0.29, 0.717) is 43.1 Å². The number of nitrogens with zero attached hydrogens (tertiary/aromatic N) is 5. The fourth-order valence-electron chi connectivity index (χ4n) is 3.88. The van der Waals surface area contributed by atoms with Crippen LogP contribution >= 0.6 is 0 Å². The van der Waals surface area contributed by atoms with Crippen LogP contribution in [0.25, 0.3) is 16.9 Å². The summed E-state index contributed by atoms with van der Waals surface area (Å²) in [7, 11) is 1.67. The van der Waals surface area contributed by atoms with Crippen molar-refractivity contribution >= 4 is 16.9 Å². The molecule has 30 heavy (non-hydrogen) atoms. The van der Waals surface area contributed by atoms with Gasteiger partial charge >= 0.3 is 5.69 Å². The Morgan fingerprint density at radius 1 is 1.07 bits per heavy atom. The molecule has 0 spiro atoms. The van der Waals surface area contributed by atoms with Crippen molar-refractivity contribution < 1.29 is 4.74 Å². The normalized spacial score (nSPS) is 11.7. The molecule has 8 heteroatoms. The number of rotatable bonds is 8. The van der Waals surface area contributed by atoms with Gasteiger partial charge in [-0.15, -0.1) is 0 Å². The zero-order valence-corrected chi connectivity index (χ0v) is 17.7. The lowest BCUT2D eigenvalue weighted by molar-refractivity contribution is 0.142. The lowest BCUT2D eigenvalue weighted by Gasteiger charge is -2.08. The first-order chi connectivity index (χ1) is 14.5. The minimum atomic E-state index is -0.344. The van der Waals surface area contributed by atoms with Gasteiger partial charge in [0.05, 0.1) is 0 Å². The minimum Gasteiger partial charge on any atom is -0.382 e. The molecule has 3 aromatic heterocycles. The van der Waals surface area contributed by atoms with E-state index in [1.54, 1.807) is 7.05 Å². The monoisotopic (exact) mass is 409 g/mol. The molecule has 0 amide bonds. The van der Waals surface area contributed by atoms with E-state index in [1.807, 2.05) is 54.8 Å². The molecule has 0 saturated carbocycles. The van der Waals surface area contributed by atoms with Crippen molar-refractivity contribution in [2.24, 2.45) is 7.05 Å². The Hall–Kier alpha value is -3.13. The van der Waals surface area contributed by atoms with Crippen LogP contribution in [0.4, 0.5) is 0 Å². The maximum absolute atomic E-state index is 13.3. The predicted molar refractivity (Wildman–Crippen MR) is 116 cm³/mol. The standard InChI is InChI=1S/C22H27N5O3/c1-4-30-14-8-12-25-16(2)15-27-18-19(23-21(25)27)24(3)22(29)26(20(18)28)13-11-17-9-6-5-7-10-17/h5-7,9-10,15H,4,8,11-14H2,1-3H3. The van der Waals surface area contributed by atoms with Gasteiger partial charge < -0.3 is 9.30 Å². The van der Waals surface area contributed by atoms with E-state index in [0.717, 1.165) is 24.2 Å². The van der Waals surface area contributed by atoms with Crippen LogP contribution in [-0.2, 0) is 31.3 Å². The fraction of sp³-hybridized carbons (Fsp3) is 0.409. The van der Waals surface area contributed by atoms with Gasteiger partial charge in [0.15, 0.2) is 11.2 Å². The van der Waals surface area contributed by atoms with E-state index in [2.05, 4.69) is 9.55 Å². The SMILES string of the molecule is CCOCCCn1c(C)cn2c3c(=O)n(CCc4ccccc4)c(=O)n(C)c3nc12. The molecule has 1 aromatic carbocycles. The van der Waals surface area contributed by atoms with Gasteiger partial charge in [0, 0.05) is 45.2 Å². The molecule has 0 aliphatic rings. The second-order valence-corrected chi connectivity index (χ2v) is 7.46. The first-order valence-corrected chi connectivity index (χ1v) is 10.3. The van der Waals surface area contributed by atoms with Crippen molar-refractivity contribution in [2.75, 3.05) is 13.2 Å². The van der Waals surface area contributed by atoms with Crippen molar-refractivity contribution in [1.82, 2.24) is 23.1 Å². The Labute approximate surface area is 174 Å². The Morgan fingerprint density at radius 2 is 1.83 bits per heavy atom. The molecular formula is C22H27N5O3. The topological polar surface area (TPSA) is 75.5 Å². The van der Waals surface area contributed by atoms with Gasteiger partial charge in [0.2, 0.25) is 5.78 Å². The first kappa shape index (κ1) is 20.2. The molecule has 8 nitrogen and oxygen atoms in total. The maximum atomic E-state index is 13.3. The van der Waals surface area contributed by atoms with E-state index in [1.165, 1.54) is 9.13 Å². The van der Waals surface area contributed by atoms with Crippen molar-refractivity contribution in [3.8, 4) is 0 Å². The second-order valence-electron chi connectivity index (χ2n) is 7.46. The zero-order chi connectivity index (χ0) is 21.3. The summed E-state index contributed by atoms with van der Waals surface area (Å²) in [5.41, 5.74) is 2.30. The smallest absolute Gasteiger partial charge is 0.332 e. The molecular weight excluding hydrogens is 382 g/mol. The third-order valence-electron chi connectivity index (χ3n) is 5.48. The highest BCUT2D eigenvalue weighted by Gasteiger charge is 2.20. The highest BCUT2D eigenvalue weighted by Crippen LogP contribution is 2.16. The number of aryl methyl sites for hydroxylation is 4. The number of ether oxygens (including phenoxy) is 1. The number of hydrogen-bond acceptors (Lipinski definition) is 4. The molecule has 0 atom stereocenters. The highest BCUT2D eigenvalue weighted by atomic mass is 16.5. The summed E-state index contributed by atoms with van der Waals surface area (Å²) < 4.78 is 12.1. The molecule has 0 aliphatic carbocycles. The Balaban J connectivity index is 1.77. The fourth-order valence-corrected chi connectivity index (χ4v) is 3.88. The number of aromatic nitrogens is 5. The molecule has 0 bridgehead atoms. The quantitative estimate of drug-likeness (QED) is 0.418. The molecule has 4 rings (SSSR count). The van der Waals surface area contributed by atoms with Gasteiger partial charge in [0.25, 0.3) is 5.56 Å². The largest absolute Gasteiger partial charge is 0.382 e. The lowest BCUT2D eigenvalue weighted by Crippen LogP contribution is -2.39. The third-order valence-corrected chi connectivity index (χ3v) is 5.48. The van der Waals surface area contributed by atoms with E-state index in [4.69, 9.17) is 4.74 Å². The number of fused-ring (bicyclic) bond motifs is 3. The second kappa shape index (κ2) is 8.31. The molecule has 0 radical (unpaired) electrons. The van der Waals surface area contributed by atoms with Crippen LogP contribution in [0.5, 0.6) is 0 Å². The summed E-state index contributed by atoms with van der Waals surface area (Å²) >= 11 is 0. The summed E-state index contributed by atoms with van der Waals surface area (Å²) in [5, 5.41) is 0. The van der Waals surface area contributed by atoms with Gasteiger partial charge in [-0.1, -0.05) is 30.3 Å². The molecule has 4 aromatic rings. The van der Waals surface area contributed by atoms with Crippen molar-refractivity contribution in [1.29, 1.82) is 0 Å². The van der Waals surface area contributed by atoms with E-state index < -0.39 is 0 Å². The molecule has 3 heterocycles. The maximum Gasteiger partial charge on any atom is 0.332 e. The molecule has 0 aliphatic heterocycles. The number of hydrogen-bond donors (Lipinski definition) is 0. The van der Waals surface area contributed by atoms with Crippen LogP contribution in [0, 0.1) is 6.92 Å². The lowest BCUT2D eigenvalue weighted by atomic mass is 10.1. The first-order valence-electron chi connectivity index (χ1n) is 10.3. The summed E-state index contributed by atoms with van der Waals surface area (Å²) in [6.45, 7) is 6.40. The van der Waals surface area contributed by atoms with Crippen LogP contribution in [0.15, 0.2) is 46.1 Å². The average Bonchev–Trinajstić information content (AvgIpc) is 3.25. The van der Waals surface area contributed by atoms with Gasteiger partial charge in [-0.05, 0) is 32.3 Å². The van der Waals surface area contributed by atoms with Gasteiger partial charge in [0.1, 0.15) is 0 Å². The van der Waals surface area contributed by atoms with Crippen LogP contribution in [0.3, 0.4) is 0 Å². The Bertz CT molecular complexity index is 1290. The van der Waals surface area contributed by atoms with E-state index in [-0.39, 0.29) is 11.2 Å². The van der Waals surface area contributed by atoms with Gasteiger partial charge in [-0.2, -0.15) is 4.98 Å². The van der Waals surface area contributed by atoms with E-state index >= 15 is 0 Å². The van der Waals surface area contributed by atoms with Crippen molar-refractivity contribution in [2.45, 2.75) is 39.8 Å². The third kappa shape index (κ3) is 3.47. The highest BCUT2D eigenvalue weighted by molar-refractivity contribution is 5.75. The minimum absolute atomic E-state index is 0.303. The summed E-state index contributed by atoms with van der Waals surface area (Å²) in [5.74, 6) is 0.673. The summed E-state index contributed by atoms with van der Waals surface area (Å²) in [6, 6.07) is 9.85. The molecule has 0 N–H and O–H groups in total. The van der Waals surface area contributed by atoms with Crippen LogP contribution < -0.4 is 11.2 Å². The van der Waals surface area contributed by atoms with E-state index in [9.17, 15) is 9.59 Å². The van der Waals surface area contributed by atoms with Crippen LogP contribution in [-0.4, -0.2) is 36.3 Å². The molecule has 0 unspecified atom stereocenters. The Morgan fingerprint density at radius 3 is 2.57 bits per heavy atom. The zero-order valence-electron chi connectivity index (χ0n) is 17.7. The number of benzene rings is 1. The van der Waals surface area contributed by atoms with Crippen molar-refractivity contribution in [3.05, 3.63) is 68.6 Å². The Kier molecular flexibility index (Phi) is 5.59. The van der Waals surface area contributed by atoms with Gasteiger partial charge in [-0.25, -0.2) is 4.79 Å². The van der Waals surface area contributed by atoms with Crippen molar-refractivity contribution in [3.63, 3.8) is 0 Å². The van der Waals surface area contributed by atoms with Gasteiger partial charge in [-0.3, -0.25) is 18.3 Å². The predicted octanol–water partition coefficient (Wildman–Crippen LogP) is 2.13. The summed E-state index contributed by atoms with van der Waals surface area (Å²) in [4.78, 5) is 30.8. The molecule has 0 fully saturated rings. The van der Waals surface area contributed by atoms with Crippen LogP contribution in [0.1, 0.15) is 24.6 Å². The number of imidazole rings is 2. The summed E-state index contributed by atoms with van der Waals surface area (Å²) in [6.07, 6.45) is 3.38. The molecule has 0 saturated heterocycles. The van der Waals surface area contributed by atoms with Crippen LogP contribution in [0.2, 0.25) is 0 Å². The average molecular weight is 409 g/mol.